The Morgan fingerprint density at radius 2 is 2.31 bits per heavy atom. The molecular formula is C10H13NO2. The van der Waals surface area contributed by atoms with E-state index in [-0.39, 0.29) is 0 Å². The Bertz CT molecular complexity index is 284. The zero-order valence-electron chi connectivity index (χ0n) is 7.36. The van der Waals surface area contributed by atoms with Crippen LogP contribution in [0, 0.1) is 0 Å². The Balaban J connectivity index is 1.86. The molecule has 0 saturated carbocycles. The van der Waals surface area contributed by atoms with Crippen molar-refractivity contribution in [2.45, 2.75) is 12.6 Å². The lowest BCUT2D eigenvalue weighted by Crippen LogP contribution is -2.45. The zero-order chi connectivity index (χ0) is 9.10. The molecule has 1 fully saturated rings. The van der Waals surface area contributed by atoms with Crippen molar-refractivity contribution in [2.75, 3.05) is 13.2 Å². The highest BCUT2D eigenvalue weighted by Crippen LogP contribution is 2.11. The van der Waals surface area contributed by atoms with Crippen molar-refractivity contribution in [3.8, 4) is 5.75 Å². The van der Waals surface area contributed by atoms with Gasteiger partial charge in [-0.2, -0.15) is 0 Å². The fraction of sp³-hybridized carbons (Fsp3) is 0.400. The summed E-state index contributed by atoms with van der Waals surface area (Å²) in [6.07, 6.45) is 0. The molecule has 2 N–H and O–H groups in total. The van der Waals surface area contributed by atoms with E-state index in [1.54, 1.807) is 12.1 Å². The molecular weight excluding hydrogens is 166 g/mol. The average molecular weight is 179 g/mol. The highest BCUT2D eigenvalue weighted by molar-refractivity contribution is 5.26. The predicted molar refractivity (Wildman–Crippen MR) is 49.6 cm³/mol. The minimum Gasteiger partial charge on any atom is -0.508 e. The summed E-state index contributed by atoms with van der Waals surface area (Å²) in [4.78, 5) is 0. The normalized spacial score (nSPS) is 16.9. The van der Waals surface area contributed by atoms with Crippen LogP contribution in [0.5, 0.6) is 5.75 Å². The van der Waals surface area contributed by atoms with Crippen molar-refractivity contribution in [3.63, 3.8) is 0 Å². The molecule has 3 nitrogen and oxygen atoms in total. The van der Waals surface area contributed by atoms with Crippen LogP contribution in [-0.2, 0) is 11.3 Å². The SMILES string of the molecule is Oc1cccc(CNC2COC2)c1. The molecule has 0 unspecified atom stereocenters. The molecule has 1 saturated heterocycles. The van der Waals surface area contributed by atoms with E-state index in [2.05, 4.69) is 5.32 Å². The first kappa shape index (κ1) is 8.53. The van der Waals surface area contributed by atoms with E-state index in [9.17, 15) is 5.11 Å². The first-order chi connectivity index (χ1) is 6.34. The largest absolute Gasteiger partial charge is 0.508 e. The van der Waals surface area contributed by atoms with E-state index in [1.165, 1.54) is 0 Å². The van der Waals surface area contributed by atoms with Gasteiger partial charge in [0.2, 0.25) is 0 Å². The van der Waals surface area contributed by atoms with Gasteiger partial charge in [-0.1, -0.05) is 12.1 Å². The van der Waals surface area contributed by atoms with Crippen LogP contribution in [0.3, 0.4) is 0 Å². The lowest BCUT2D eigenvalue weighted by molar-refractivity contribution is -0.00578. The zero-order valence-corrected chi connectivity index (χ0v) is 7.36. The maximum Gasteiger partial charge on any atom is 0.115 e. The maximum absolute atomic E-state index is 9.20. The quantitative estimate of drug-likeness (QED) is 0.723. The maximum atomic E-state index is 9.20. The molecule has 0 atom stereocenters. The first-order valence-electron chi connectivity index (χ1n) is 4.43. The molecule has 1 aliphatic rings. The van der Waals surface area contributed by atoms with Gasteiger partial charge in [0.05, 0.1) is 19.3 Å². The van der Waals surface area contributed by atoms with Crippen LogP contribution < -0.4 is 5.32 Å². The minimum atomic E-state index is 0.323. The molecule has 0 bridgehead atoms. The second kappa shape index (κ2) is 3.77. The van der Waals surface area contributed by atoms with E-state index in [0.717, 1.165) is 25.3 Å². The number of nitrogens with one attached hydrogen (secondary N) is 1. The third kappa shape index (κ3) is 2.20. The van der Waals surface area contributed by atoms with Crippen molar-refractivity contribution in [2.24, 2.45) is 0 Å². The Kier molecular flexibility index (Phi) is 2.47. The summed E-state index contributed by atoms with van der Waals surface area (Å²) >= 11 is 0. The second-order valence-corrected chi connectivity index (χ2v) is 3.29. The van der Waals surface area contributed by atoms with Crippen molar-refractivity contribution in [3.05, 3.63) is 29.8 Å². The van der Waals surface area contributed by atoms with Crippen LogP contribution in [0.15, 0.2) is 24.3 Å². The van der Waals surface area contributed by atoms with Crippen LogP contribution in [-0.4, -0.2) is 24.4 Å². The third-order valence-corrected chi connectivity index (χ3v) is 2.14. The predicted octanol–water partition coefficient (Wildman–Crippen LogP) is 0.881. The Labute approximate surface area is 77.3 Å². The molecule has 1 aromatic carbocycles. The number of benzene rings is 1. The molecule has 0 aromatic heterocycles. The first-order valence-corrected chi connectivity index (χ1v) is 4.43. The molecule has 2 rings (SSSR count). The van der Waals surface area contributed by atoms with Crippen LogP contribution in [0.1, 0.15) is 5.56 Å². The van der Waals surface area contributed by atoms with Gasteiger partial charge >= 0.3 is 0 Å². The summed E-state index contributed by atoms with van der Waals surface area (Å²) in [6.45, 7) is 2.40. The summed E-state index contributed by atoms with van der Waals surface area (Å²) in [5.41, 5.74) is 1.10. The van der Waals surface area contributed by atoms with E-state index in [0.29, 0.717) is 11.8 Å². The average Bonchev–Trinajstić information content (AvgIpc) is 2.01. The fourth-order valence-electron chi connectivity index (χ4n) is 1.28. The number of phenols is 1. The highest BCUT2D eigenvalue weighted by Gasteiger charge is 2.16. The monoisotopic (exact) mass is 179 g/mol. The van der Waals surface area contributed by atoms with Gasteiger partial charge in [-0.25, -0.2) is 0 Å². The summed E-state index contributed by atoms with van der Waals surface area (Å²) < 4.78 is 5.04. The summed E-state index contributed by atoms with van der Waals surface area (Å²) in [5.74, 6) is 0.323. The van der Waals surface area contributed by atoms with Crippen molar-refractivity contribution >= 4 is 0 Å². The van der Waals surface area contributed by atoms with Gasteiger partial charge in [-0.05, 0) is 17.7 Å². The van der Waals surface area contributed by atoms with Gasteiger partial charge in [0.15, 0.2) is 0 Å². The lowest BCUT2D eigenvalue weighted by atomic mass is 10.2. The van der Waals surface area contributed by atoms with Gasteiger partial charge in [0.1, 0.15) is 5.75 Å². The minimum absolute atomic E-state index is 0.323. The van der Waals surface area contributed by atoms with Gasteiger partial charge in [0, 0.05) is 6.54 Å². The van der Waals surface area contributed by atoms with E-state index >= 15 is 0 Å². The highest BCUT2D eigenvalue weighted by atomic mass is 16.5. The van der Waals surface area contributed by atoms with Gasteiger partial charge < -0.3 is 15.2 Å². The number of hydrogen-bond acceptors (Lipinski definition) is 3. The van der Waals surface area contributed by atoms with E-state index in [4.69, 9.17) is 4.74 Å². The van der Waals surface area contributed by atoms with E-state index < -0.39 is 0 Å². The fourth-order valence-corrected chi connectivity index (χ4v) is 1.28. The van der Waals surface area contributed by atoms with Gasteiger partial charge in [0.25, 0.3) is 0 Å². The molecule has 1 aromatic rings. The van der Waals surface area contributed by atoms with Crippen molar-refractivity contribution in [1.82, 2.24) is 5.32 Å². The second-order valence-electron chi connectivity index (χ2n) is 3.29. The third-order valence-electron chi connectivity index (χ3n) is 2.14. The lowest BCUT2D eigenvalue weighted by Gasteiger charge is -2.26. The summed E-state index contributed by atoms with van der Waals surface area (Å²) in [6, 6.07) is 7.78. The smallest absolute Gasteiger partial charge is 0.115 e. The molecule has 0 spiro atoms. The Morgan fingerprint density at radius 1 is 1.46 bits per heavy atom. The van der Waals surface area contributed by atoms with Crippen LogP contribution in [0.2, 0.25) is 0 Å². The molecule has 3 heteroatoms. The Morgan fingerprint density at radius 3 is 2.92 bits per heavy atom. The van der Waals surface area contributed by atoms with Crippen LogP contribution in [0.4, 0.5) is 0 Å². The molecule has 1 aliphatic heterocycles. The number of ether oxygens (including phenoxy) is 1. The molecule has 0 aliphatic carbocycles. The summed E-state index contributed by atoms with van der Waals surface area (Å²) in [5, 5.41) is 12.5. The van der Waals surface area contributed by atoms with Gasteiger partial charge in [-0.3, -0.25) is 0 Å². The van der Waals surface area contributed by atoms with Crippen LogP contribution >= 0.6 is 0 Å². The number of phenolic OH excluding ortho intramolecular Hbond substituents is 1. The number of aromatic hydroxyl groups is 1. The van der Waals surface area contributed by atoms with Gasteiger partial charge in [-0.15, -0.1) is 0 Å². The van der Waals surface area contributed by atoms with E-state index in [1.807, 2.05) is 12.1 Å². The molecule has 1 heterocycles. The number of rotatable bonds is 3. The topological polar surface area (TPSA) is 41.5 Å². The van der Waals surface area contributed by atoms with Crippen LogP contribution in [0.25, 0.3) is 0 Å². The van der Waals surface area contributed by atoms with Crippen molar-refractivity contribution in [1.29, 1.82) is 0 Å². The Hall–Kier alpha value is -1.06. The summed E-state index contributed by atoms with van der Waals surface area (Å²) in [7, 11) is 0. The standard InChI is InChI=1S/C10H13NO2/c12-10-3-1-2-8(4-10)5-11-9-6-13-7-9/h1-4,9,11-12H,5-7H2. The molecule has 0 amide bonds. The van der Waals surface area contributed by atoms with Crippen molar-refractivity contribution < 1.29 is 9.84 Å². The molecule has 0 radical (unpaired) electrons. The molecule has 13 heavy (non-hydrogen) atoms. The molecule has 70 valence electrons. The number of hydrogen-bond donors (Lipinski definition) is 2.